The van der Waals surface area contributed by atoms with Crippen molar-refractivity contribution >= 4 is 23.3 Å². The monoisotopic (exact) mass is 265 g/mol. The molecule has 0 spiro atoms. The van der Waals surface area contributed by atoms with E-state index in [9.17, 15) is 9.59 Å². The highest BCUT2D eigenvalue weighted by Gasteiger charge is 2.36. The van der Waals surface area contributed by atoms with Gasteiger partial charge in [0.25, 0.3) is 5.91 Å². The fourth-order valence-electron chi connectivity index (χ4n) is 2.17. The Kier molecular flexibility index (Phi) is 3.44. The summed E-state index contributed by atoms with van der Waals surface area (Å²) in [6, 6.07) is 6.84. The lowest BCUT2D eigenvalue weighted by molar-refractivity contribution is -0.130. The second-order valence-corrected chi connectivity index (χ2v) is 5.73. The standard InChI is InChI=1S/C14H16ClNO2/c1-14(2)9-16(8-7-12(14)17)13(18)10-3-5-11(15)6-4-10/h3-6H,7-9H2,1-2H3. The molecular weight excluding hydrogens is 250 g/mol. The molecule has 1 heterocycles. The number of Topliss-reactive ketones (excluding diaryl/α,β-unsaturated/α-hetero) is 1. The third-order valence-electron chi connectivity index (χ3n) is 3.33. The molecule has 1 fully saturated rings. The molecule has 3 nitrogen and oxygen atoms in total. The molecule has 1 aromatic carbocycles. The van der Waals surface area contributed by atoms with Crippen molar-refractivity contribution in [2.24, 2.45) is 5.41 Å². The molecule has 1 aliphatic heterocycles. The molecule has 0 N–H and O–H groups in total. The lowest BCUT2D eigenvalue weighted by Gasteiger charge is -2.36. The van der Waals surface area contributed by atoms with E-state index in [2.05, 4.69) is 0 Å². The second kappa shape index (κ2) is 4.73. The van der Waals surface area contributed by atoms with Gasteiger partial charge in [-0.15, -0.1) is 0 Å². The Morgan fingerprint density at radius 1 is 1.28 bits per heavy atom. The zero-order chi connectivity index (χ0) is 13.3. The van der Waals surface area contributed by atoms with Crippen molar-refractivity contribution in [3.8, 4) is 0 Å². The van der Waals surface area contributed by atoms with Crippen LogP contribution in [0.3, 0.4) is 0 Å². The van der Waals surface area contributed by atoms with Gasteiger partial charge >= 0.3 is 0 Å². The van der Waals surface area contributed by atoms with E-state index in [0.717, 1.165) is 0 Å². The average molecular weight is 266 g/mol. The number of benzene rings is 1. The Morgan fingerprint density at radius 3 is 2.44 bits per heavy atom. The van der Waals surface area contributed by atoms with Crippen molar-refractivity contribution in [2.45, 2.75) is 20.3 Å². The third kappa shape index (κ3) is 2.56. The maximum Gasteiger partial charge on any atom is 0.253 e. The van der Waals surface area contributed by atoms with Crippen molar-refractivity contribution in [1.29, 1.82) is 0 Å². The zero-order valence-electron chi connectivity index (χ0n) is 10.6. The summed E-state index contributed by atoms with van der Waals surface area (Å²) in [6.07, 6.45) is 0.437. The van der Waals surface area contributed by atoms with Crippen molar-refractivity contribution in [3.63, 3.8) is 0 Å². The number of carbonyl (C=O) groups is 2. The van der Waals surface area contributed by atoms with E-state index in [1.807, 2.05) is 13.8 Å². The highest BCUT2D eigenvalue weighted by molar-refractivity contribution is 6.30. The number of rotatable bonds is 1. The van der Waals surface area contributed by atoms with Gasteiger partial charge < -0.3 is 4.90 Å². The predicted octanol–water partition coefficient (Wildman–Crippen LogP) is 2.78. The summed E-state index contributed by atoms with van der Waals surface area (Å²) >= 11 is 5.80. The molecule has 4 heteroatoms. The maximum absolute atomic E-state index is 12.3. The average Bonchev–Trinajstić information content (AvgIpc) is 2.33. The molecule has 0 atom stereocenters. The van der Waals surface area contributed by atoms with Crippen LogP contribution in [0.5, 0.6) is 0 Å². The van der Waals surface area contributed by atoms with Gasteiger partial charge in [0.15, 0.2) is 0 Å². The second-order valence-electron chi connectivity index (χ2n) is 5.29. The van der Waals surface area contributed by atoms with Crippen LogP contribution in [0.25, 0.3) is 0 Å². The molecule has 96 valence electrons. The van der Waals surface area contributed by atoms with Crippen LogP contribution in [0.2, 0.25) is 5.02 Å². The van der Waals surface area contributed by atoms with Crippen LogP contribution in [-0.2, 0) is 4.79 Å². The lowest BCUT2D eigenvalue weighted by Crippen LogP contribution is -2.48. The number of likely N-dealkylation sites (tertiary alicyclic amines) is 1. The molecule has 2 rings (SSSR count). The van der Waals surface area contributed by atoms with Crippen molar-refractivity contribution in [3.05, 3.63) is 34.9 Å². The summed E-state index contributed by atoms with van der Waals surface area (Å²) in [5.41, 5.74) is 0.171. The van der Waals surface area contributed by atoms with Gasteiger partial charge in [-0.25, -0.2) is 0 Å². The van der Waals surface area contributed by atoms with Gasteiger partial charge in [0.1, 0.15) is 5.78 Å². The van der Waals surface area contributed by atoms with E-state index in [0.29, 0.717) is 30.1 Å². The van der Waals surface area contributed by atoms with Crippen molar-refractivity contribution in [1.82, 2.24) is 4.90 Å². The van der Waals surface area contributed by atoms with Crippen LogP contribution in [0.4, 0.5) is 0 Å². The van der Waals surface area contributed by atoms with Gasteiger partial charge in [0.05, 0.1) is 0 Å². The topological polar surface area (TPSA) is 37.4 Å². The van der Waals surface area contributed by atoms with Crippen LogP contribution >= 0.6 is 11.6 Å². The van der Waals surface area contributed by atoms with E-state index in [4.69, 9.17) is 11.6 Å². The first-order valence-electron chi connectivity index (χ1n) is 5.98. The molecule has 1 aliphatic rings. The van der Waals surface area contributed by atoms with E-state index < -0.39 is 5.41 Å². The molecule has 18 heavy (non-hydrogen) atoms. The number of nitrogens with zero attached hydrogens (tertiary/aromatic N) is 1. The van der Waals surface area contributed by atoms with Crippen LogP contribution in [0.15, 0.2) is 24.3 Å². The minimum Gasteiger partial charge on any atom is -0.337 e. The maximum atomic E-state index is 12.3. The van der Waals surface area contributed by atoms with Crippen LogP contribution in [-0.4, -0.2) is 29.7 Å². The van der Waals surface area contributed by atoms with Gasteiger partial charge in [0.2, 0.25) is 0 Å². The normalized spacial score (nSPS) is 18.8. The van der Waals surface area contributed by atoms with E-state index in [1.165, 1.54) is 0 Å². The fourth-order valence-corrected chi connectivity index (χ4v) is 2.29. The quantitative estimate of drug-likeness (QED) is 0.783. The highest BCUT2D eigenvalue weighted by Crippen LogP contribution is 2.26. The third-order valence-corrected chi connectivity index (χ3v) is 3.58. The SMILES string of the molecule is CC1(C)CN(C(=O)c2ccc(Cl)cc2)CCC1=O. The minimum atomic E-state index is -0.444. The number of amides is 1. The molecule has 1 saturated heterocycles. The zero-order valence-corrected chi connectivity index (χ0v) is 11.3. The first-order valence-corrected chi connectivity index (χ1v) is 6.36. The Morgan fingerprint density at radius 2 is 1.89 bits per heavy atom. The summed E-state index contributed by atoms with van der Waals surface area (Å²) in [4.78, 5) is 25.7. The Bertz CT molecular complexity index is 479. The van der Waals surface area contributed by atoms with Crippen LogP contribution in [0.1, 0.15) is 30.6 Å². The molecular formula is C14H16ClNO2. The molecule has 1 aromatic rings. The number of piperidine rings is 1. The summed E-state index contributed by atoms with van der Waals surface area (Å²) < 4.78 is 0. The predicted molar refractivity (Wildman–Crippen MR) is 70.8 cm³/mol. The van der Waals surface area contributed by atoms with Gasteiger partial charge in [-0.1, -0.05) is 25.4 Å². The number of carbonyl (C=O) groups excluding carboxylic acids is 2. The molecule has 0 saturated carbocycles. The number of hydrogen-bond acceptors (Lipinski definition) is 2. The molecule has 1 amide bonds. The minimum absolute atomic E-state index is 0.0350. The van der Waals surface area contributed by atoms with Crippen LogP contribution in [0, 0.1) is 5.41 Å². The Labute approximate surface area is 112 Å². The van der Waals surface area contributed by atoms with E-state index in [-0.39, 0.29) is 11.7 Å². The van der Waals surface area contributed by atoms with Gasteiger partial charge in [-0.2, -0.15) is 0 Å². The molecule has 0 unspecified atom stereocenters. The largest absolute Gasteiger partial charge is 0.337 e. The summed E-state index contributed by atoms with van der Waals surface area (Å²) in [7, 11) is 0. The van der Waals surface area contributed by atoms with Crippen molar-refractivity contribution < 1.29 is 9.59 Å². The number of halogens is 1. The van der Waals surface area contributed by atoms with Gasteiger partial charge in [-0.3, -0.25) is 9.59 Å². The highest BCUT2D eigenvalue weighted by atomic mass is 35.5. The molecule has 0 radical (unpaired) electrons. The molecule has 0 aromatic heterocycles. The molecule has 0 bridgehead atoms. The van der Waals surface area contributed by atoms with Gasteiger partial charge in [0, 0.05) is 35.5 Å². The Hall–Kier alpha value is -1.35. The van der Waals surface area contributed by atoms with E-state index >= 15 is 0 Å². The van der Waals surface area contributed by atoms with Crippen molar-refractivity contribution in [2.75, 3.05) is 13.1 Å². The Balaban J connectivity index is 2.15. The summed E-state index contributed by atoms with van der Waals surface area (Å²) in [5, 5.41) is 0.612. The summed E-state index contributed by atoms with van der Waals surface area (Å²) in [6.45, 7) is 4.75. The number of hydrogen-bond donors (Lipinski definition) is 0. The first-order chi connectivity index (χ1) is 8.40. The number of ketones is 1. The van der Waals surface area contributed by atoms with E-state index in [1.54, 1.807) is 29.2 Å². The first kappa shape index (κ1) is 13.1. The lowest BCUT2D eigenvalue weighted by atomic mass is 9.82. The smallest absolute Gasteiger partial charge is 0.253 e. The van der Waals surface area contributed by atoms with Crippen LogP contribution < -0.4 is 0 Å². The molecule has 0 aliphatic carbocycles. The summed E-state index contributed by atoms with van der Waals surface area (Å²) in [5.74, 6) is 0.190. The van der Waals surface area contributed by atoms with Gasteiger partial charge in [-0.05, 0) is 24.3 Å². The fraction of sp³-hybridized carbons (Fsp3) is 0.429.